The lowest BCUT2D eigenvalue weighted by atomic mass is 10.1. The Labute approximate surface area is 175 Å². The molecule has 3 aromatic rings. The van der Waals surface area contributed by atoms with Crippen LogP contribution in [0.5, 0.6) is 5.88 Å². The second-order valence-corrected chi connectivity index (χ2v) is 7.33. The number of hydrogen-bond donors (Lipinski definition) is 2. The van der Waals surface area contributed by atoms with E-state index in [0.717, 1.165) is 34.9 Å². The summed E-state index contributed by atoms with van der Waals surface area (Å²) in [5.41, 5.74) is 8.19. The molecule has 1 aliphatic heterocycles. The van der Waals surface area contributed by atoms with Gasteiger partial charge in [0.05, 0.1) is 30.7 Å². The van der Waals surface area contributed by atoms with E-state index in [2.05, 4.69) is 20.3 Å². The molecular weight excluding hydrogens is 384 g/mol. The number of aromatic nitrogens is 4. The van der Waals surface area contributed by atoms with E-state index < -0.39 is 0 Å². The molecule has 158 valence electrons. The minimum atomic E-state index is 0.0638. The highest BCUT2D eigenvalue weighted by atomic mass is 16.5. The first-order valence-electron chi connectivity index (χ1n) is 10.0. The number of rotatable bonds is 7. The predicted molar refractivity (Wildman–Crippen MR) is 114 cm³/mol. The molecule has 9 heteroatoms. The zero-order valence-corrected chi connectivity index (χ0v) is 17.2. The van der Waals surface area contributed by atoms with Crippen LogP contribution >= 0.6 is 0 Å². The van der Waals surface area contributed by atoms with Gasteiger partial charge in [-0.25, -0.2) is 19.9 Å². The fourth-order valence-electron chi connectivity index (χ4n) is 3.40. The fourth-order valence-corrected chi connectivity index (χ4v) is 3.40. The van der Waals surface area contributed by atoms with Gasteiger partial charge in [0.15, 0.2) is 0 Å². The number of nitrogens with one attached hydrogen (secondary N) is 1. The number of anilines is 2. The lowest BCUT2D eigenvalue weighted by molar-refractivity contribution is 0.0244. The summed E-state index contributed by atoms with van der Waals surface area (Å²) in [6.45, 7) is 3.94. The molecule has 0 unspecified atom stereocenters. The molecule has 0 spiro atoms. The maximum absolute atomic E-state index is 6.19. The van der Waals surface area contributed by atoms with Crippen molar-refractivity contribution in [3.63, 3.8) is 0 Å². The van der Waals surface area contributed by atoms with Crippen LogP contribution in [0.4, 0.5) is 11.8 Å². The average molecular weight is 410 g/mol. The van der Waals surface area contributed by atoms with Gasteiger partial charge in [0, 0.05) is 55.7 Å². The molecule has 4 heterocycles. The molecule has 1 atom stereocenters. The number of hydrogen-bond acceptors (Lipinski definition) is 9. The predicted octanol–water partition coefficient (Wildman–Crippen LogP) is 2.67. The number of nitrogen functional groups attached to an aromatic ring is 1. The van der Waals surface area contributed by atoms with Crippen LogP contribution in [0, 0.1) is 0 Å². The fraction of sp³-hybridized carbons (Fsp3) is 0.429. The summed E-state index contributed by atoms with van der Waals surface area (Å²) in [4.78, 5) is 18.0. The highest BCUT2D eigenvalue weighted by Gasteiger charge is 2.20. The smallest absolute Gasteiger partial charge is 0.224 e. The van der Waals surface area contributed by atoms with Crippen LogP contribution in [0.15, 0.2) is 30.7 Å². The molecule has 9 nitrogen and oxygen atoms in total. The molecule has 3 aromatic heterocycles. The van der Waals surface area contributed by atoms with E-state index in [0.29, 0.717) is 37.5 Å². The minimum Gasteiger partial charge on any atom is -0.474 e. The number of methoxy groups -OCH3 is 1. The van der Waals surface area contributed by atoms with Crippen LogP contribution in [0.3, 0.4) is 0 Å². The molecule has 0 bridgehead atoms. The van der Waals surface area contributed by atoms with Gasteiger partial charge in [0.25, 0.3) is 0 Å². The first-order chi connectivity index (χ1) is 14.6. The van der Waals surface area contributed by atoms with Crippen LogP contribution in [0.2, 0.25) is 0 Å². The largest absolute Gasteiger partial charge is 0.474 e. The van der Waals surface area contributed by atoms with Gasteiger partial charge in [-0.1, -0.05) is 0 Å². The Morgan fingerprint density at radius 1 is 1.17 bits per heavy atom. The molecule has 4 rings (SSSR count). The molecule has 1 fully saturated rings. The third kappa shape index (κ3) is 4.58. The van der Waals surface area contributed by atoms with Gasteiger partial charge in [-0.05, 0) is 19.1 Å². The summed E-state index contributed by atoms with van der Waals surface area (Å²) in [6, 6.07) is 3.73. The first-order valence-corrected chi connectivity index (χ1v) is 10.0. The Morgan fingerprint density at radius 3 is 2.73 bits per heavy atom. The number of nitrogens with zero attached hydrogens (tertiary/aromatic N) is 4. The maximum atomic E-state index is 6.19. The number of pyridine rings is 2. The number of ether oxygens (including phenoxy) is 3. The Bertz CT molecular complexity index is 992. The SMILES string of the molecule is COC[C@H](C)Nc1ncc2c(OC3CCOCC3)ncc(-c3ccc(N)nc3)c2n1. The van der Waals surface area contributed by atoms with Gasteiger partial charge in [-0.2, -0.15) is 0 Å². The molecule has 0 aromatic carbocycles. The van der Waals surface area contributed by atoms with Gasteiger partial charge in [-0.3, -0.25) is 0 Å². The van der Waals surface area contributed by atoms with Crippen molar-refractivity contribution in [2.75, 3.05) is 38.0 Å². The Balaban J connectivity index is 1.75. The minimum absolute atomic E-state index is 0.0638. The van der Waals surface area contributed by atoms with E-state index in [4.69, 9.17) is 24.9 Å². The molecule has 1 aliphatic rings. The van der Waals surface area contributed by atoms with Crippen molar-refractivity contribution in [3.05, 3.63) is 30.7 Å². The quantitative estimate of drug-likeness (QED) is 0.606. The van der Waals surface area contributed by atoms with Gasteiger partial charge < -0.3 is 25.3 Å². The molecule has 1 saturated heterocycles. The summed E-state index contributed by atoms with van der Waals surface area (Å²) >= 11 is 0. The lowest BCUT2D eigenvalue weighted by Gasteiger charge is -2.23. The second-order valence-electron chi connectivity index (χ2n) is 7.33. The third-order valence-corrected chi connectivity index (χ3v) is 4.92. The Morgan fingerprint density at radius 2 is 2.00 bits per heavy atom. The van der Waals surface area contributed by atoms with Gasteiger partial charge in [-0.15, -0.1) is 0 Å². The average Bonchev–Trinajstić information content (AvgIpc) is 2.75. The highest BCUT2D eigenvalue weighted by Crippen LogP contribution is 2.32. The standard InChI is InChI=1S/C21H26N6O3/c1-13(12-28-2)26-21-25-11-17-19(27-21)16(14-3-4-18(22)23-9-14)10-24-20(17)30-15-5-7-29-8-6-15/h3-4,9-11,13,15H,5-8,12H2,1-2H3,(H2,22,23)(H,25,26,27)/t13-/m0/s1. The molecule has 3 N–H and O–H groups in total. The normalized spacial score (nSPS) is 15.8. The van der Waals surface area contributed by atoms with Crippen molar-refractivity contribution in [1.82, 2.24) is 19.9 Å². The van der Waals surface area contributed by atoms with Crippen molar-refractivity contribution >= 4 is 22.7 Å². The van der Waals surface area contributed by atoms with Crippen LogP contribution in [0.25, 0.3) is 22.0 Å². The third-order valence-electron chi connectivity index (χ3n) is 4.92. The number of fused-ring (bicyclic) bond motifs is 1. The molecule has 0 amide bonds. The molecule has 0 saturated carbocycles. The van der Waals surface area contributed by atoms with Gasteiger partial charge >= 0.3 is 0 Å². The van der Waals surface area contributed by atoms with E-state index in [1.165, 1.54) is 0 Å². The van der Waals surface area contributed by atoms with E-state index in [1.807, 2.05) is 13.0 Å². The van der Waals surface area contributed by atoms with E-state index >= 15 is 0 Å². The van der Waals surface area contributed by atoms with Crippen molar-refractivity contribution in [1.29, 1.82) is 0 Å². The highest BCUT2D eigenvalue weighted by molar-refractivity contribution is 5.95. The van der Waals surface area contributed by atoms with Crippen LogP contribution in [-0.4, -0.2) is 59.0 Å². The van der Waals surface area contributed by atoms with Crippen LogP contribution in [0.1, 0.15) is 19.8 Å². The van der Waals surface area contributed by atoms with E-state index in [9.17, 15) is 0 Å². The zero-order valence-electron chi connectivity index (χ0n) is 17.2. The second kappa shape index (κ2) is 9.19. The molecule has 0 radical (unpaired) electrons. The number of nitrogens with two attached hydrogens (primary N) is 1. The maximum Gasteiger partial charge on any atom is 0.224 e. The summed E-state index contributed by atoms with van der Waals surface area (Å²) in [5.74, 6) is 1.50. The summed E-state index contributed by atoms with van der Waals surface area (Å²) in [6.07, 6.45) is 6.97. The summed E-state index contributed by atoms with van der Waals surface area (Å²) in [5, 5.41) is 4.01. The summed E-state index contributed by atoms with van der Waals surface area (Å²) < 4.78 is 16.8. The summed E-state index contributed by atoms with van der Waals surface area (Å²) in [7, 11) is 1.66. The van der Waals surface area contributed by atoms with E-state index in [-0.39, 0.29) is 12.1 Å². The molecule has 0 aliphatic carbocycles. The van der Waals surface area contributed by atoms with Gasteiger partial charge in [0.2, 0.25) is 11.8 Å². The van der Waals surface area contributed by atoms with Crippen LogP contribution < -0.4 is 15.8 Å². The van der Waals surface area contributed by atoms with E-state index in [1.54, 1.807) is 31.8 Å². The molecule has 30 heavy (non-hydrogen) atoms. The lowest BCUT2D eigenvalue weighted by Crippen LogP contribution is -2.26. The van der Waals surface area contributed by atoms with Gasteiger partial charge in [0.1, 0.15) is 11.9 Å². The van der Waals surface area contributed by atoms with Crippen molar-refractivity contribution in [3.8, 4) is 17.0 Å². The Kier molecular flexibility index (Phi) is 6.20. The van der Waals surface area contributed by atoms with Crippen molar-refractivity contribution < 1.29 is 14.2 Å². The van der Waals surface area contributed by atoms with Crippen LogP contribution in [-0.2, 0) is 9.47 Å². The van der Waals surface area contributed by atoms with Crippen molar-refractivity contribution in [2.45, 2.75) is 31.9 Å². The monoisotopic (exact) mass is 410 g/mol. The topological polar surface area (TPSA) is 117 Å². The zero-order chi connectivity index (χ0) is 20.9. The van der Waals surface area contributed by atoms with Crippen molar-refractivity contribution in [2.24, 2.45) is 0 Å². The Hall–Kier alpha value is -3.04. The first kappa shape index (κ1) is 20.2. The molecular formula is C21H26N6O3.